The van der Waals surface area contributed by atoms with Crippen LogP contribution in [0.2, 0.25) is 0 Å². The number of alkyl carbamates (subject to hydrolysis) is 1. The van der Waals surface area contributed by atoms with Crippen molar-refractivity contribution in [1.29, 1.82) is 0 Å². The van der Waals surface area contributed by atoms with Gasteiger partial charge in [-0.25, -0.2) is 4.79 Å². The molecule has 0 aliphatic heterocycles. The maximum absolute atomic E-state index is 11.1. The summed E-state index contributed by atoms with van der Waals surface area (Å²) in [7, 11) is 0. The van der Waals surface area contributed by atoms with Gasteiger partial charge in [-0.15, -0.1) is 0 Å². The van der Waals surface area contributed by atoms with Crippen LogP contribution in [0.4, 0.5) is 4.79 Å². The number of carbonyl (C=O) groups excluding carboxylic acids is 1. The van der Waals surface area contributed by atoms with Crippen molar-refractivity contribution in [2.75, 3.05) is 6.61 Å². The molecule has 16 heavy (non-hydrogen) atoms. The zero-order valence-corrected chi connectivity index (χ0v) is 9.51. The molecular formula is C12H17NO3. The Morgan fingerprint density at radius 1 is 1.44 bits per heavy atom. The van der Waals surface area contributed by atoms with Gasteiger partial charge in [0, 0.05) is 0 Å². The minimum Gasteiger partial charge on any atom is -0.450 e. The van der Waals surface area contributed by atoms with Gasteiger partial charge >= 0.3 is 6.09 Å². The summed E-state index contributed by atoms with van der Waals surface area (Å²) in [5.74, 6) is 0. The molecule has 1 aromatic carbocycles. The van der Waals surface area contributed by atoms with Crippen molar-refractivity contribution in [2.24, 2.45) is 0 Å². The highest BCUT2D eigenvalue weighted by Crippen LogP contribution is 2.15. The fourth-order valence-electron chi connectivity index (χ4n) is 1.38. The Morgan fingerprint density at radius 2 is 2.06 bits per heavy atom. The van der Waals surface area contributed by atoms with Crippen LogP contribution in [0.1, 0.15) is 25.5 Å². The van der Waals surface area contributed by atoms with Crippen LogP contribution in [0.15, 0.2) is 30.3 Å². The number of amides is 1. The minimum atomic E-state index is -0.731. The van der Waals surface area contributed by atoms with Crippen LogP contribution in [0.5, 0.6) is 0 Å². The lowest BCUT2D eigenvalue weighted by molar-refractivity contribution is 0.113. The van der Waals surface area contributed by atoms with Crippen molar-refractivity contribution >= 4 is 6.09 Å². The summed E-state index contributed by atoms with van der Waals surface area (Å²) in [5, 5.41) is 12.5. The molecule has 4 heteroatoms. The molecule has 0 spiro atoms. The standard InChI is InChI=1S/C12H17NO3/c1-3-16-12(15)13-9(2)11(14)10-7-5-4-6-8-10/h4-9,11,14H,3H2,1-2H3,(H,13,15)/t9-,11-/m1/s1. The third-order valence-corrected chi connectivity index (χ3v) is 2.24. The number of ether oxygens (including phenoxy) is 1. The predicted octanol–water partition coefficient (Wildman–Crippen LogP) is 1.85. The van der Waals surface area contributed by atoms with Gasteiger partial charge in [-0.05, 0) is 19.4 Å². The molecule has 0 aliphatic rings. The second kappa shape index (κ2) is 6.12. The molecule has 88 valence electrons. The second-order valence-electron chi connectivity index (χ2n) is 3.51. The van der Waals surface area contributed by atoms with E-state index in [1.165, 1.54) is 0 Å². The van der Waals surface area contributed by atoms with Crippen molar-refractivity contribution in [2.45, 2.75) is 26.0 Å². The van der Waals surface area contributed by atoms with E-state index in [1.54, 1.807) is 13.8 Å². The van der Waals surface area contributed by atoms with Gasteiger partial charge in [-0.3, -0.25) is 0 Å². The van der Waals surface area contributed by atoms with Crippen molar-refractivity contribution in [3.05, 3.63) is 35.9 Å². The van der Waals surface area contributed by atoms with Gasteiger partial charge < -0.3 is 15.2 Å². The Labute approximate surface area is 95.2 Å². The van der Waals surface area contributed by atoms with E-state index in [-0.39, 0.29) is 6.04 Å². The van der Waals surface area contributed by atoms with Gasteiger partial charge in [-0.1, -0.05) is 30.3 Å². The topological polar surface area (TPSA) is 58.6 Å². The molecular weight excluding hydrogens is 206 g/mol. The summed E-state index contributed by atoms with van der Waals surface area (Å²) in [6.07, 6.45) is -1.24. The predicted molar refractivity (Wildman–Crippen MR) is 61.0 cm³/mol. The van der Waals surface area contributed by atoms with Gasteiger partial charge in [0.05, 0.1) is 18.8 Å². The summed E-state index contributed by atoms with van der Waals surface area (Å²) in [5.41, 5.74) is 0.770. The third-order valence-electron chi connectivity index (χ3n) is 2.24. The van der Waals surface area contributed by atoms with E-state index in [1.807, 2.05) is 30.3 Å². The minimum absolute atomic E-state index is 0.319. The first-order valence-corrected chi connectivity index (χ1v) is 5.31. The first-order chi connectivity index (χ1) is 7.65. The van der Waals surface area contributed by atoms with Crippen LogP contribution in [-0.2, 0) is 4.74 Å². The molecule has 2 N–H and O–H groups in total. The lowest BCUT2D eigenvalue weighted by atomic mass is 10.0. The van der Waals surface area contributed by atoms with E-state index in [9.17, 15) is 9.90 Å². The van der Waals surface area contributed by atoms with Crippen LogP contribution >= 0.6 is 0 Å². The average molecular weight is 223 g/mol. The Morgan fingerprint density at radius 3 is 2.62 bits per heavy atom. The zero-order valence-electron chi connectivity index (χ0n) is 9.51. The van der Waals surface area contributed by atoms with Crippen LogP contribution in [0, 0.1) is 0 Å². The third kappa shape index (κ3) is 3.55. The molecule has 0 saturated carbocycles. The summed E-state index contributed by atoms with van der Waals surface area (Å²) in [4.78, 5) is 11.1. The maximum Gasteiger partial charge on any atom is 0.407 e. The van der Waals surface area contributed by atoms with E-state index in [2.05, 4.69) is 5.32 Å². The SMILES string of the molecule is CCOC(=O)N[C@H](C)[C@@H](O)c1ccccc1. The highest BCUT2D eigenvalue weighted by atomic mass is 16.5. The molecule has 0 aliphatic carbocycles. The average Bonchev–Trinajstić information content (AvgIpc) is 2.29. The van der Waals surface area contributed by atoms with E-state index in [0.29, 0.717) is 6.61 Å². The van der Waals surface area contributed by atoms with E-state index in [4.69, 9.17) is 4.74 Å². The van der Waals surface area contributed by atoms with E-state index in [0.717, 1.165) is 5.56 Å². The second-order valence-corrected chi connectivity index (χ2v) is 3.51. The van der Waals surface area contributed by atoms with E-state index >= 15 is 0 Å². The number of aliphatic hydroxyl groups excluding tert-OH is 1. The lowest BCUT2D eigenvalue weighted by Gasteiger charge is -2.20. The van der Waals surface area contributed by atoms with Crippen LogP contribution in [0.25, 0.3) is 0 Å². The summed E-state index contributed by atoms with van der Waals surface area (Å²) in [6.45, 7) is 3.78. The summed E-state index contributed by atoms with van der Waals surface area (Å²) < 4.78 is 4.74. The highest BCUT2D eigenvalue weighted by Gasteiger charge is 2.18. The molecule has 0 bridgehead atoms. The summed E-state index contributed by atoms with van der Waals surface area (Å²) in [6, 6.07) is 8.80. The van der Waals surface area contributed by atoms with E-state index < -0.39 is 12.2 Å². The number of hydrogen-bond acceptors (Lipinski definition) is 3. The molecule has 0 saturated heterocycles. The molecule has 0 fully saturated rings. The molecule has 0 unspecified atom stereocenters. The number of carbonyl (C=O) groups is 1. The molecule has 2 atom stereocenters. The van der Waals surface area contributed by atoms with Crippen molar-refractivity contribution in [3.8, 4) is 0 Å². The Bertz CT molecular complexity index is 326. The smallest absolute Gasteiger partial charge is 0.407 e. The normalized spacial score (nSPS) is 13.9. The molecule has 0 aromatic heterocycles. The van der Waals surface area contributed by atoms with Gasteiger partial charge in [0.15, 0.2) is 0 Å². The number of benzene rings is 1. The Balaban J connectivity index is 2.54. The number of rotatable bonds is 4. The molecule has 1 amide bonds. The van der Waals surface area contributed by atoms with Gasteiger partial charge in [0.1, 0.15) is 0 Å². The van der Waals surface area contributed by atoms with Crippen molar-refractivity contribution in [3.63, 3.8) is 0 Å². The summed E-state index contributed by atoms with van der Waals surface area (Å²) >= 11 is 0. The molecule has 1 rings (SSSR count). The zero-order chi connectivity index (χ0) is 12.0. The fraction of sp³-hybridized carbons (Fsp3) is 0.417. The number of aliphatic hydroxyl groups is 1. The molecule has 0 heterocycles. The van der Waals surface area contributed by atoms with Gasteiger partial charge in [-0.2, -0.15) is 0 Å². The van der Waals surface area contributed by atoms with Crippen LogP contribution in [0.3, 0.4) is 0 Å². The first-order valence-electron chi connectivity index (χ1n) is 5.31. The van der Waals surface area contributed by atoms with Crippen LogP contribution < -0.4 is 5.32 Å². The number of hydrogen-bond donors (Lipinski definition) is 2. The highest BCUT2D eigenvalue weighted by molar-refractivity contribution is 5.67. The van der Waals surface area contributed by atoms with Crippen molar-refractivity contribution < 1.29 is 14.6 Å². The number of nitrogens with one attached hydrogen (secondary N) is 1. The van der Waals surface area contributed by atoms with Gasteiger partial charge in [0.25, 0.3) is 0 Å². The largest absolute Gasteiger partial charge is 0.450 e. The monoisotopic (exact) mass is 223 g/mol. The fourth-order valence-corrected chi connectivity index (χ4v) is 1.38. The lowest BCUT2D eigenvalue weighted by Crippen LogP contribution is -2.37. The van der Waals surface area contributed by atoms with Crippen LogP contribution in [-0.4, -0.2) is 23.8 Å². The Hall–Kier alpha value is -1.55. The Kier molecular flexibility index (Phi) is 4.79. The quantitative estimate of drug-likeness (QED) is 0.819. The maximum atomic E-state index is 11.1. The molecule has 0 radical (unpaired) electrons. The first kappa shape index (κ1) is 12.5. The molecule has 1 aromatic rings. The molecule has 4 nitrogen and oxygen atoms in total. The van der Waals surface area contributed by atoms with Gasteiger partial charge in [0.2, 0.25) is 0 Å². The van der Waals surface area contributed by atoms with Crippen molar-refractivity contribution in [1.82, 2.24) is 5.32 Å².